The van der Waals surface area contributed by atoms with E-state index in [2.05, 4.69) is 19.1 Å². The van der Waals surface area contributed by atoms with Gasteiger partial charge in [0.05, 0.1) is 0 Å². The second-order valence-electron chi connectivity index (χ2n) is 7.81. The topological polar surface area (TPSA) is 17.1 Å². The van der Waals surface area contributed by atoms with E-state index in [1.807, 2.05) is 0 Å². The van der Waals surface area contributed by atoms with E-state index in [1.54, 1.807) is 0 Å². The molecule has 26 heavy (non-hydrogen) atoms. The Bertz CT molecular complexity index is 311. The SMILES string of the molecule is CCCCCC/C=C/CCCCCCCCCCCCCCCC(=O)Cl. The molecule has 0 fully saturated rings. The fourth-order valence-electron chi connectivity index (χ4n) is 3.40. The maximum absolute atomic E-state index is 10.6. The number of hydrogen-bond donors (Lipinski definition) is 0. The summed E-state index contributed by atoms with van der Waals surface area (Å²) in [6.07, 6.45) is 30.8. The van der Waals surface area contributed by atoms with Crippen LogP contribution in [0.15, 0.2) is 12.2 Å². The lowest BCUT2D eigenvalue weighted by atomic mass is 10.0. The lowest BCUT2D eigenvalue weighted by Crippen LogP contribution is -1.86. The van der Waals surface area contributed by atoms with Crippen molar-refractivity contribution < 1.29 is 4.79 Å². The molecule has 0 aliphatic carbocycles. The fraction of sp³-hybridized carbons (Fsp3) is 0.875. The molecule has 0 spiro atoms. The summed E-state index contributed by atoms with van der Waals surface area (Å²) < 4.78 is 0. The zero-order valence-corrected chi connectivity index (χ0v) is 18.3. The summed E-state index contributed by atoms with van der Waals surface area (Å²) in [6, 6.07) is 0. The van der Waals surface area contributed by atoms with Crippen molar-refractivity contribution in [2.45, 2.75) is 135 Å². The normalized spacial score (nSPS) is 11.5. The van der Waals surface area contributed by atoms with E-state index in [4.69, 9.17) is 11.6 Å². The van der Waals surface area contributed by atoms with Gasteiger partial charge in [-0.15, -0.1) is 0 Å². The Balaban J connectivity index is 3.05. The molecule has 0 radical (unpaired) electrons. The van der Waals surface area contributed by atoms with Crippen molar-refractivity contribution in [3.05, 3.63) is 12.2 Å². The molecule has 0 atom stereocenters. The van der Waals surface area contributed by atoms with Gasteiger partial charge in [0.1, 0.15) is 0 Å². The van der Waals surface area contributed by atoms with Crippen molar-refractivity contribution in [1.29, 1.82) is 0 Å². The van der Waals surface area contributed by atoms with Gasteiger partial charge in [-0.1, -0.05) is 109 Å². The van der Waals surface area contributed by atoms with Gasteiger partial charge in [0.2, 0.25) is 5.24 Å². The van der Waals surface area contributed by atoms with Crippen molar-refractivity contribution >= 4 is 16.8 Å². The molecule has 0 bridgehead atoms. The number of unbranched alkanes of at least 4 members (excludes halogenated alkanes) is 17. The first-order valence-electron chi connectivity index (χ1n) is 11.6. The standard InChI is InChI=1S/C24H45ClO/c1-2-3-4-5-6-7-8-9-10-11-12-13-14-15-16-17-18-19-20-21-22-23-24(25)26/h7-8H,2-6,9-23H2,1H3/b8-7+. The zero-order valence-electron chi connectivity index (χ0n) is 17.6. The van der Waals surface area contributed by atoms with Crippen LogP contribution in [0, 0.1) is 0 Å². The van der Waals surface area contributed by atoms with Gasteiger partial charge in [-0.05, 0) is 43.7 Å². The Morgan fingerprint density at radius 1 is 0.577 bits per heavy atom. The predicted octanol–water partition coefficient (Wildman–Crippen LogP) is 9.13. The van der Waals surface area contributed by atoms with Crippen molar-refractivity contribution in [3.63, 3.8) is 0 Å². The minimum Gasteiger partial charge on any atom is -0.281 e. The Hall–Kier alpha value is -0.300. The average Bonchev–Trinajstić information content (AvgIpc) is 2.62. The van der Waals surface area contributed by atoms with Crippen LogP contribution in [0.4, 0.5) is 0 Å². The Kier molecular flexibility index (Phi) is 22.5. The number of halogens is 1. The molecule has 0 saturated heterocycles. The molecule has 0 amide bonds. The first-order chi connectivity index (χ1) is 12.8. The largest absolute Gasteiger partial charge is 0.281 e. The highest BCUT2D eigenvalue weighted by Crippen LogP contribution is 2.14. The summed E-state index contributed by atoms with van der Waals surface area (Å²) >= 11 is 5.33. The van der Waals surface area contributed by atoms with Gasteiger partial charge in [-0.2, -0.15) is 0 Å². The average molecular weight is 385 g/mol. The quantitative estimate of drug-likeness (QED) is 0.109. The molecule has 2 heteroatoms. The summed E-state index contributed by atoms with van der Waals surface area (Å²) in [5.41, 5.74) is 0. The van der Waals surface area contributed by atoms with Gasteiger partial charge in [0, 0.05) is 6.42 Å². The maximum atomic E-state index is 10.6. The van der Waals surface area contributed by atoms with E-state index in [9.17, 15) is 4.79 Å². The molecule has 0 rings (SSSR count). The minimum absolute atomic E-state index is 0.181. The second-order valence-corrected chi connectivity index (χ2v) is 8.23. The molecule has 0 unspecified atom stereocenters. The summed E-state index contributed by atoms with van der Waals surface area (Å²) in [6.45, 7) is 2.27. The first kappa shape index (κ1) is 25.7. The molecule has 0 aromatic rings. The Labute approximate surface area is 169 Å². The fourth-order valence-corrected chi connectivity index (χ4v) is 3.53. The first-order valence-corrected chi connectivity index (χ1v) is 12.0. The van der Waals surface area contributed by atoms with E-state index in [0.29, 0.717) is 6.42 Å². The molecule has 0 N–H and O–H groups in total. The molecule has 0 aliphatic rings. The lowest BCUT2D eigenvalue weighted by Gasteiger charge is -2.03. The highest BCUT2D eigenvalue weighted by atomic mass is 35.5. The molecule has 154 valence electrons. The Morgan fingerprint density at radius 2 is 0.923 bits per heavy atom. The number of allylic oxidation sites excluding steroid dienone is 2. The van der Waals surface area contributed by atoms with Gasteiger partial charge in [-0.3, -0.25) is 4.79 Å². The highest BCUT2D eigenvalue weighted by molar-refractivity contribution is 6.63. The molecule has 1 nitrogen and oxygen atoms in total. The summed E-state index contributed by atoms with van der Waals surface area (Å²) in [5, 5.41) is -0.181. The minimum atomic E-state index is -0.181. The third kappa shape index (κ3) is 23.7. The zero-order chi connectivity index (χ0) is 19.1. The smallest absolute Gasteiger partial charge is 0.221 e. The van der Waals surface area contributed by atoms with Crippen molar-refractivity contribution in [2.75, 3.05) is 0 Å². The van der Waals surface area contributed by atoms with Crippen LogP contribution >= 0.6 is 11.6 Å². The summed E-state index contributed by atoms with van der Waals surface area (Å²) in [7, 11) is 0. The van der Waals surface area contributed by atoms with Crippen LogP contribution in [-0.2, 0) is 4.79 Å². The molecule has 0 aliphatic heterocycles. The van der Waals surface area contributed by atoms with Crippen LogP contribution in [0.1, 0.15) is 135 Å². The van der Waals surface area contributed by atoms with Crippen LogP contribution in [0.25, 0.3) is 0 Å². The van der Waals surface area contributed by atoms with Gasteiger partial charge in [0.15, 0.2) is 0 Å². The maximum Gasteiger partial charge on any atom is 0.221 e. The number of carbonyl (C=O) groups excluding carboxylic acids is 1. The van der Waals surface area contributed by atoms with Crippen molar-refractivity contribution in [2.24, 2.45) is 0 Å². The summed E-state index contributed by atoms with van der Waals surface area (Å²) in [4.78, 5) is 10.6. The van der Waals surface area contributed by atoms with Crippen molar-refractivity contribution in [3.8, 4) is 0 Å². The van der Waals surface area contributed by atoms with Gasteiger partial charge in [0.25, 0.3) is 0 Å². The summed E-state index contributed by atoms with van der Waals surface area (Å²) in [5.74, 6) is 0. The van der Waals surface area contributed by atoms with E-state index in [0.717, 1.165) is 12.8 Å². The predicted molar refractivity (Wildman–Crippen MR) is 118 cm³/mol. The lowest BCUT2D eigenvalue weighted by molar-refractivity contribution is -0.111. The highest BCUT2D eigenvalue weighted by Gasteiger charge is 1.96. The number of carbonyl (C=O) groups is 1. The Morgan fingerprint density at radius 3 is 1.31 bits per heavy atom. The monoisotopic (exact) mass is 384 g/mol. The van der Waals surface area contributed by atoms with Crippen LogP contribution in [0.5, 0.6) is 0 Å². The molecular weight excluding hydrogens is 340 g/mol. The van der Waals surface area contributed by atoms with Crippen LogP contribution in [0.2, 0.25) is 0 Å². The molecule has 0 saturated carbocycles. The number of rotatable bonds is 21. The number of hydrogen-bond acceptors (Lipinski definition) is 1. The third-order valence-electron chi connectivity index (χ3n) is 5.14. The van der Waals surface area contributed by atoms with Gasteiger partial charge < -0.3 is 0 Å². The van der Waals surface area contributed by atoms with Gasteiger partial charge >= 0.3 is 0 Å². The van der Waals surface area contributed by atoms with Crippen LogP contribution < -0.4 is 0 Å². The third-order valence-corrected chi connectivity index (χ3v) is 5.32. The van der Waals surface area contributed by atoms with Crippen molar-refractivity contribution in [1.82, 2.24) is 0 Å². The van der Waals surface area contributed by atoms with Crippen LogP contribution in [-0.4, -0.2) is 5.24 Å². The van der Waals surface area contributed by atoms with E-state index >= 15 is 0 Å². The van der Waals surface area contributed by atoms with Crippen LogP contribution in [0.3, 0.4) is 0 Å². The van der Waals surface area contributed by atoms with E-state index in [-0.39, 0.29) is 5.24 Å². The molecular formula is C24H45ClO. The van der Waals surface area contributed by atoms with Gasteiger partial charge in [-0.25, -0.2) is 0 Å². The second kappa shape index (κ2) is 22.7. The molecule has 0 aromatic carbocycles. The molecule has 0 aromatic heterocycles. The van der Waals surface area contributed by atoms with E-state index in [1.165, 1.54) is 109 Å². The molecule has 0 heterocycles. The van der Waals surface area contributed by atoms with E-state index < -0.39 is 0 Å².